The molecule has 0 saturated heterocycles. The third-order valence-corrected chi connectivity index (χ3v) is 9.51. The van der Waals surface area contributed by atoms with Crippen molar-refractivity contribution in [2.24, 2.45) is 4.99 Å². The second-order valence-corrected chi connectivity index (χ2v) is 13.2. The van der Waals surface area contributed by atoms with Crippen LogP contribution in [-0.2, 0) is 11.6 Å². The van der Waals surface area contributed by atoms with Gasteiger partial charge in [0.2, 0.25) is 0 Å². The van der Waals surface area contributed by atoms with E-state index in [1.165, 1.54) is 6.07 Å². The minimum absolute atomic E-state index is 0.427. The lowest BCUT2D eigenvalue weighted by Gasteiger charge is -2.35. The molecule has 0 amide bonds. The number of fused-ring (bicyclic) bond motifs is 3. The number of unbranched alkanes of at least 4 members (excludes halogenated alkanes) is 1. The van der Waals surface area contributed by atoms with Crippen molar-refractivity contribution in [3.8, 4) is 22.3 Å². The van der Waals surface area contributed by atoms with Crippen molar-refractivity contribution in [1.82, 2.24) is 5.32 Å². The van der Waals surface area contributed by atoms with Crippen molar-refractivity contribution in [2.75, 3.05) is 11.9 Å². The highest BCUT2D eigenvalue weighted by Gasteiger charge is 2.45. The first-order valence-corrected chi connectivity index (χ1v) is 17.7. The van der Waals surface area contributed by atoms with Gasteiger partial charge in [-0.05, 0) is 83.5 Å². The molecule has 0 saturated carbocycles. The van der Waals surface area contributed by atoms with Crippen molar-refractivity contribution >= 4 is 23.3 Å². The molecule has 5 aromatic carbocycles. The smallest absolute Gasteiger partial charge is 0.379 e. The van der Waals surface area contributed by atoms with Gasteiger partial charge in [-0.25, -0.2) is 0 Å². The zero-order chi connectivity index (χ0) is 39.1. The molecule has 0 fully saturated rings. The molecule has 280 valence electrons. The Bertz CT molecular complexity index is 2100. The number of aryl methyl sites for hydroxylation is 1. The molecule has 0 aromatic heterocycles. The van der Waals surface area contributed by atoms with Crippen LogP contribution in [0.25, 0.3) is 28.0 Å². The molecule has 5 aromatic rings. The first-order chi connectivity index (χ1) is 25.7. The van der Waals surface area contributed by atoms with Gasteiger partial charge in [0, 0.05) is 28.9 Å². The lowest BCUT2D eigenvalue weighted by Crippen LogP contribution is -2.39. The third-order valence-electron chi connectivity index (χ3n) is 9.51. The Kier molecular flexibility index (Phi) is 12.2. The van der Waals surface area contributed by atoms with Crippen LogP contribution >= 0.6 is 0 Å². The predicted octanol–water partition coefficient (Wildman–Crippen LogP) is 13.3. The van der Waals surface area contributed by atoms with Gasteiger partial charge in [-0.3, -0.25) is 4.99 Å². The van der Waals surface area contributed by atoms with Crippen molar-refractivity contribution in [1.29, 1.82) is 0 Å². The van der Waals surface area contributed by atoms with Crippen molar-refractivity contribution in [3.63, 3.8) is 0 Å². The molecule has 2 N–H and O–H groups in total. The number of rotatable bonds is 11. The molecule has 1 aliphatic carbocycles. The van der Waals surface area contributed by atoms with E-state index in [1.807, 2.05) is 92.7 Å². The van der Waals surface area contributed by atoms with Crippen LogP contribution < -0.4 is 10.6 Å². The van der Waals surface area contributed by atoms with E-state index >= 15 is 0 Å². The maximum absolute atomic E-state index is 13.1. The average Bonchev–Trinajstić information content (AvgIpc) is 3.44. The van der Waals surface area contributed by atoms with Gasteiger partial charge in [0.05, 0.1) is 16.7 Å². The van der Waals surface area contributed by atoms with E-state index < -0.39 is 29.9 Å². The van der Waals surface area contributed by atoms with Crippen molar-refractivity contribution in [2.45, 2.75) is 57.8 Å². The van der Waals surface area contributed by atoms with Gasteiger partial charge >= 0.3 is 12.4 Å². The summed E-state index contributed by atoms with van der Waals surface area (Å²) in [6, 6.07) is 34.3. The molecule has 9 heteroatoms. The summed E-state index contributed by atoms with van der Waals surface area (Å²) in [4.78, 5) is 4.34. The quantitative estimate of drug-likeness (QED) is 0.105. The summed E-state index contributed by atoms with van der Waals surface area (Å²) >= 11 is 0. The van der Waals surface area contributed by atoms with Crippen LogP contribution in [0.2, 0.25) is 0 Å². The average molecular weight is 740 g/mol. The summed E-state index contributed by atoms with van der Waals surface area (Å²) in [5.41, 5.74) is 8.57. The number of allylic oxidation sites excluding steroid dienone is 1. The minimum Gasteiger partial charge on any atom is -0.379 e. The highest BCUT2D eigenvalue weighted by atomic mass is 19.4. The van der Waals surface area contributed by atoms with E-state index in [4.69, 9.17) is 0 Å². The lowest BCUT2D eigenvalue weighted by molar-refractivity contribution is -0.137. The predicted molar refractivity (Wildman–Crippen MR) is 210 cm³/mol. The van der Waals surface area contributed by atoms with Crippen LogP contribution in [0.5, 0.6) is 0 Å². The molecular weight excluding hydrogens is 697 g/mol. The number of hydrogen-bond acceptors (Lipinski definition) is 3. The lowest BCUT2D eigenvalue weighted by atomic mass is 9.72. The molecule has 3 nitrogen and oxygen atoms in total. The zero-order valence-electron chi connectivity index (χ0n) is 30.5. The number of aliphatic imine (C=N–C) groups is 1. The van der Waals surface area contributed by atoms with Crippen LogP contribution in [-0.4, -0.2) is 18.9 Å². The van der Waals surface area contributed by atoms with Crippen LogP contribution in [0.15, 0.2) is 139 Å². The number of benzene rings is 5. The van der Waals surface area contributed by atoms with Crippen LogP contribution in [0.4, 0.5) is 37.7 Å². The standard InChI is InChI=1S/C24H21F3N2.C21H22F3N/c1-4-28-23-15-20(13-12-16(23)2)29-17(3)21-10-5-6-11-22(21)18-8-7-9-19(14-18)24(25,26)27;1-3-4-13-20(15(2)25-14-21(22,23)24)18-11-7-5-9-16(18)17-10-6-8-12-19(17)20/h4-15,29H,3H2,1-2H3;5-12,25H,2-4,13-14H2,1H3. The second kappa shape index (κ2) is 16.6. The van der Waals surface area contributed by atoms with E-state index in [0.29, 0.717) is 22.5 Å². The first kappa shape index (κ1) is 39.6. The minimum atomic E-state index is -4.39. The van der Waals surface area contributed by atoms with Gasteiger partial charge in [-0.1, -0.05) is 124 Å². The van der Waals surface area contributed by atoms with E-state index in [-0.39, 0.29) is 0 Å². The van der Waals surface area contributed by atoms with Gasteiger partial charge in [0.1, 0.15) is 6.54 Å². The van der Waals surface area contributed by atoms with Crippen LogP contribution in [0.1, 0.15) is 60.9 Å². The molecule has 0 unspecified atom stereocenters. The number of alkyl halides is 6. The van der Waals surface area contributed by atoms with E-state index in [2.05, 4.69) is 35.7 Å². The Morgan fingerprint density at radius 1 is 0.759 bits per heavy atom. The highest BCUT2D eigenvalue weighted by Crippen LogP contribution is 2.54. The monoisotopic (exact) mass is 739 g/mol. The van der Waals surface area contributed by atoms with Gasteiger partial charge in [-0.15, -0.1) is 0 Å². The van der Waals surface area contributed by atoms with Gasteiger partial charge < -0.3 is 10.6 Å². The fourth-order valence-electron chi connectivity index (χ4n) is 6.94. The van der Waals surface area contributed by atoms with E-state index in [1.54, 1.807) is 24.4 Å². The number of hydrogen-bond donors (Lipinski definition) is 2. The molecular formula is C45H43F6N3. The molecule has 0 aliphatic heterocycles. The van der Waals surface area contributed by atoms with Gasteiger partial charge in [0.25, 0.3) is 0 Å². The third kappa shape index (κ3) is 8.79. The number of anilines is 1. The number of nitrogens with zero attached hydrogens (tertiary/aromatic N) is 1. The fraction of sp³-hybridized carbons (Fsp3) is 0.222. The first-order valence-electron chi connectivity index (χ1n) is 17.7. The second-order valence-electron chi connectivity index (χ2n) is 13.2. The summed E-state index contributed by atoms with van der Waals surface area (Å²) < 4.78 is 77.7. The molecule has 1 aliphatic rings. The molecule has 0 atom stereocenters. The maximum atomic E-state index is 13.1. The van der Waals surface area contributed by atoms with Crippen molar-refractivity contribution in [3.05, 3.63) is 162 Å². The molecule has 0 radical (unpaired) electrons. The van der Waals surface area contributed by atoms with E-state index in [0.717, 1.165) is 76.2 Å². The number of nitrogens with one attached hydrogen (secondary N) is 2. The Balaban J connectivity index is 0.000000210. The zero-order valence-corrected chi connectivity index (χ0v) is 30.5. The Morgan fingerprint density at radius 2 is 1.37 bits per heavy atom. The Morgan fingerprint density at radius 3 is 1.96 bits per heavy atom. The summed E-state index contributed by atoms with van der Waals surface area (Å²) in [5, 5.41) is 5.83. The molecule has 0 spiro atoms. The largest absolute Gasteiger partial charge is 0.416 e. The Labute approximate surface area is 313 Å². The summed E-state index contributed by atoms with van der Waals surface area (Å²) in [5.74, 6) is 0. The summed E-state index contributed by atoms with van der Waals surface area (Å²) in [6.45, 7) is 13.0. The van der Waals surface area contributed by atoms with Gasteiger partial charge in [-0.2, -0.15) is 26.3 Å². The molecule has 0 bridgehead atoms. The molecule has 0 heterocycles. The van der Waals surface area contributed by atoms with Crippen LogP contribution in [0, 0.1) is 6.92 Å². The summed E-state index contributed by atoms with van der Waals surface area (Å²) in [6.07, 6.45) is -4.32. The SMILES string of the molecule is C=C(NCC(F)(F)F)C1(CCCC)c2ccccc2-c2ccccc21.C=C(Nc1ccc(C)c(N=CC)c1)c1ccccc1-c1cccc(C(F)(F)F)c1. The Hall–Kier alpha value is -5.57. The molecule has 54 heavy (non-hydrogen) atoms. The van der Waals surface area contributed by atoms with Crippen LogP contribution in [0.3, 0.4) is 0 Å². The fourth-order valence-corrected chi connectivity index (χ4v) is 6.94. The highest BCUT2D eigenvalue weighted by molar-refractivity contribution is 5.86. The number of halogens is 6. The molecule has 6 rings (SSSR count). The van der Waals surface area contributed by atoms with Gasteiger partial charge in [0.15, 0.2) is 0 Å². The van der Waals surface area contributed by atoms with Crippen molar-refractivity contribution < 1.29 is 26.3 Å². The topological polar surface area (TPSA) is 36.4 Å². The maximum Gasteiger partial charge on any atom is 0.416 e. The summed E-state index contributed by atoms with van der Waals surface area (Å²) in [7, 11) is 0. The van der Waals surface area contributed by atoms with E-state index in [9.17, 15) is 26.3 Å². The normalized spacial score (nSPS) is 13.1.